The third kappa shape index (κ3) is 2.40. The summed E-state index contributed by atoms with van der Waals surface area (Å²) in [6, 6.07) is 7.84. The number of nitrogens with zero attached hydrogens (tertiary/aromatic N) is 4. The van der Waals surface area contributed by atoms with E-state index in [1.165, 1.54) is 0 Å². The molecule has 0 unspecified atom stereocenters. The first-order chi connectivity index (χ1) is 10.8. The smallest absolute Gasteiger partial charge is 0.226 e. The van der Waals surface area contributed by atoms with Gasteiger partial charge in [0.05, 0.1) is 35.5 Å². The van der Waals surface area contributed by atoms with Gasteiger partial charge in [0.2, 0.25) is 5.95 Å². The number of aromatic amines is 1. The van der Waals surface area contributed by atoms with Gasteiger partial charge in [0.1, 0.15) is 5.69 Å². The summed E-state index contributed by atoms with van der Waals surface area (Å²) < 4.78 is 5.36. The molecule has 6 nitrogen and oxygen atoms in total. The van der Waals surface area contributed by atoms with Gasteiger partial charge in [-0.15, -0.1) is 0 Å². The number of hydrogen-bond donors (Lipinski definition) is 1. The van der Waals surface area contributed by atoms with E-state index in [0.717, 1.165) is 24.1 Å². The molecule has 3 aromatic rings. The number of rotatable bonds is 2. The summed E-state index contributed by atoms with van der Waals surface area (Å²) in [6.07, 6.45) is 1.63. The number of nitrogens with one attached hydrogen (secondary N) is 1. The van der Waals surface area contributed by atoms with Gasteiger partial charge in [-0.1, -0.05) is 23.7 Å². The van der Waals surface area contributed by atoms with Crippen LogP contribution >= 0.6 is 11.6 Å². The van der Waals surface area contributed by atoms with E-state index in [-0.39, 0.29) is 0 Å². The van der Waals surface area contributed by atoms with Gasteiger partial charge in [0.15, 0.2) is 5.82 Å². The maximum atomic E-state index is 6.27. The topological polar surface area (TPSA) is 66.9 Å². The highest BCUT2D eigenvalue weighted by molar-refractivity contribution is 6.32. The number of hydrogen-bond acceptors (Lipinski definition) is 5. The number of para-hydroxylation sites is 2. The van der Waals surface area contributed by atoms with Crippen molar-refractivity contribution < 1.29 is 4.74 Å². The van der Waals surface area contributed by atoms with Crippen LogP contribution in [0.4, 0.5) is 5.95 Å². The van der Waals surface area contributed by atoms with Gasteiger partial charge < -0.3 is 14.6 Å². The fourth-order valence-corrected chi connectivity index (χ4v) is 2.69. The maximum Gasteiger partial charge on any atom is 0.226 e. The molecule has 3 heterocycles. The third-order valence-electron chi connectivity index (χ3n) is 3.64. The first kappa shape index (κ1) is 13.5. The summed E-state index contributed by atoms with van der Waals surface area (Å²) in [5.74, 6) is 1.31. The number of benzene rings is 1. The zero-order chi connectivity index (χ0) is 14.9. The van der Waals surface area contributed by atoms with Crippen LogP contribution in [0.1, 0.15) is 0 Å². The Morgan fingerprint density at radius 2 is 1.95 bits per heavy atom. The maximum absolute atomic E-state index is 6.27. The standard InChI is InChI=1S/C15H14ClN5O/c16-10-9-17-15(21-5-7-22-8-6-21)20-13(10)14-18-11-3-1-2-4-12(11)19-14/h1-4,9H,5-8H2,(H,18,19). The Kier molecular flexibility index (Phi) is 3.40. The predicted molar refractivity (Wildman–Crippen MR) is 85.2 cm³/mol. The largest absolute Gasteiger partial charge is 0.378 e. The van der Waals surface area contributed by atoms with E-state index in [1.54, 1.807) is 6.20 Å². The molecular formula is C15H14ClN5O. The molecular weight excluding hydrogens is 302 g/mol. The van der Waals surface area contributed by atoms with Gasteiger partial charge in [0, 0.05) is 13.1 Å². The van der Waals surface area contributed by atoms with Crippen molar-refractivity contribution in [3.8, 4) is 11.5 Å². The molecule has 0 spiro atoms. The molecule has 22 heavy (non-hydrogen) atoms. The highest BCUT2D eigenvalue weighted by Crippen LogP contribution is 2.27. The number of imidazole rings is 1. The Bertz CT molecular complexity index is 780. The molecule has 0 aliphatic carbocycles. The quantitative estimate of drug-likeness (QED) is 0.787. The fourth-order valence-electron chi connectivity index (χ4n) is 2.50. The van der Waals surface area contributed by atoms with Gasteiger partial charge in [-0.3, -0.25) is 0 Å². The Hall–Kier alpha value is -2.18. The van der Waals surface area contributed by atoms with Crippen LogP contribution < -0.4 is 4.90 Å². The van der Waals surface area contributed by atoms with E-state index < -0.39 is 0 Å². The number of fused-ring (bicyclic) bond motifs is 1. The molecule has 1 saturated heterocycles. The summed E-state index contributed by atoms with van der Waals surface area (Å²) in [5, 5.41) is 0.482. The van der Waals surface area contributed by atoms with Crippen molar-refractivity contribution in [2.75, 3.05) is 31.2 Å². The predicted octanol–water partition coefficient (Wildman–Crippen LogP) is 2.51. The monoisotopic (exact) mass is 315 g/mol. The van der Waals surface area contributed by atoms with E-state index >= 15 is 0 Å². The molecule has 1 fully saturated rings. The van der Waals surface area contributed by atoms with E-state index in [1.807, 2.05) is 24.3 Å². The minimum atomic E-state index is 0.482. The minimum absolute atomic E-state index is 0.482. The number of morpholine rings is 1. The van der Waals surface area contributed by atoms with E-state index in [2.05, 4.69) is 24.8 Å². The zero-order valence-electron chi connectivity index (χ0n) is 11.8. The molecule has 1 N–H and O–H groups in total. The van der Waals surface area contributed by atoms with Crippen LogP contribution in [0.3, 0.4) is 0 Å². The zero-order valence-corrected chi connectivity index (χ0v) is 12.5. The third-order valence-corrected chi connectivity index (χ3v) is 3.92. The lowest BCUT2D eigenvalue weighted by Gasteiger charge is -2.26. The first-order valence-corrected chi connectivity index (χ1v) is 7.49. The van der Waals surface area contributed by atoms with Crippen molar-refractivity contribution in [2.24, 2.45) is 0 Å². The van der Waals surface area contributed by atoms with Crippen molar-refractivity contribution in [1.29, 1.82) is 0 Å². The summed E-state index contributed by atoms with van der Waals surface area (Å²) in [4.78, 5) is 18.8. The van der Waals surface area contributed by atoms with Crippen LogP contribution in [0, 0.1) is 0 Å². The van der Waals surface area contributed by atoms with E-state index in [0.29, 0.717) is 35.7 Å². The highest BCUT2D eigenvalue weighted by atomic mass is 35.5. The number of ether oxygens (including phenoxy) is 1. The van der Waals surface area contributed by atoms with Crippen molar-refractivity contribution in [3.05, 3.63) is 35.5 Å². The van der Waals surface area contributed by atoms with Gasteiger partial charge in [0.25, 0.3) is 0 Å². The fraction of sp³-hybridized carbons (Fsp3) is 0.267. The van der Waals surface area contributed by atoms with Crippen LogP contribution in [-0.2, 0) is 4.74 Å². The van der Waals surface area contributed by atoms with Crippen molar-refractivity contribution in [2.45, 2.75) is 0 Å². The molecule has 1 aliphatic rings. The lowest BCUT2D eigenvalue weighted by Crippen LogP contribution is -2.37. The molecule has 7 heteroatoms. The molecule has 0 amide bonds. The Balaban J connectivity index is 1.76. The minimum Gasteiger partial charge on any atom is -0.378 e. The number of halogens is 1. The molecule has 2 aromatic heterocycles. The van der Waals surface area contributed by atoms with Crippen LogP contribution in [0.5, 0.6) is 0 Å². The van der Waals surface area contributed by atoms with Crippen molar-refractivity contribution in [1.82, 2.24) is 19.9 Å². The van der Waals surface area contributed by atoms with E-state index in [9.17, 15) is 0 Å². The second-order valence-electron chi connectivity index (χ2n) is 5.07. The highest BCUT2D eigenvalue weighted by Gasteiger charge is 2.17. The van der Waals surface area contributed by atoms with Crippen molar-refractivity contribution >= 4 is 28.6 Å². The van der Waals surface area contributed by atoms with Gasteiger partial charge in [-0.25, -0.2) is 15.0 Å². The molecule has 0 radical (unpaired) electrons. The first-order valence-electron chi connectivity index (χ1n) is 7.11. The van der Waals surface area contributed by atoms with Gasteiger partial charge >= 0.3 is 0 Å². The Morgan fingerprint density at radius 1 is 1.14 bits per heavy atom. The average Bonchev–Trinajstić information content (AvgIpc) is 3.00. The average molecular weight is 316 g/mol. The molecule has 112 valence electrons. The number of anilines is 1. The van der Waals surface area contributed by atoms with Gasteiger partial charge in [-0.2, -0.15) is 0 Å². The summed E-state index contributed by atoms with van der Waals surface area (Å²) >= 11 is 6.27. The van der Waals surface area contributed by atoms with Crippen molar-refractivity contribution in [3.63, 3.8) is 0 Å². The van der Waals surface area contributed by atoms with Crippen LogP contribution in [-0.4, -0.2) is 46.2 Å². The molecule has 0 bridgehead atoms. The normalized spacial score (nSPS) is 15.4. The van der Waals surface area contributed by atoms with Crippen LogP contribution in [0.15, 0.2) is 30.5 Å². The summed E-state index contributed by atoms with van der Waals surface area (Å²) in [5.41, 5.74) is 2.47. The van der Waals surface area contributed by atoms with Crippen LogP contribution in [0.25, 0.3) is 22.6 Å². The number of aromatic nitrogens is 4. The molecule has 0 atom stereocenters. The lowest BCUT2D eigenvalue weighted by atomic mass is 10.3. The Labute approximate surface area is 132 Å². The molecule has 0 saturated carbocycles. The van der Waals surface area contributed by atoms with E-state index in [4.69, 9.17) is 16.3 Å². The van der Waals surface area contributed by atoms with Gasteiger partial charge in [-0.05, 0) is 12.1 Å². The second-order valence-corrected chi connectivity index (χ2v) is 5.48. The second kappa shape index (κ2) is 5.55. The Morgan fingerprint density at radius 3 is 2.77 bits per heavy atom. The number of H-pyrrole nitrogens is 1. The lowest BCUT2D eigenvalue weighted by molar-refractivity contribution is 0.122. The summed E-state index contributed by atoms with van der Waals surface area (Å²) in [7, 11) is 0. The van der Waals surface area contributed by atoms with Crippen LogP contribution in [0.2, 0.25) is 5.02 Å². The summed E-state index contributed by atoms with van der Waals surface area (Å²) in [6.45, 7) is 2.93. The molecule has 1 aromatic carbocycles. The molecule has 1 aliphatic heterocycles. The SMILES string of the molecule is Clc1cnc(N2CCOCC2)nc1-c1nc2ccccc2[nH]1. The molecule has 4 rings (SSSR count).